The SMILES string of the molecule is O=C(O)C(=O)NC1(C(F)(F)F)CC1. The molecule has 74 valence electrons. The maximum absolute atomic E-state index is 12.1. The van der Waals surface area contributed by atoms with Crippen molar-refractivity contribution in [2.24, 2.45) is 0 Å². The smallest absolute Gasteiger partial charge is 0.411 e. The molecule has 0 heterocycles. The molecule has 0 aromatic heterocycles. The Balaban J connectivity index is 2.64. The predicted molar refractivity (Wildman–Crippen MR) is 33.8 cm³/mol. The first kappa shape index (κ1) is 9.82. The summed E-state index contributed by atoms with van der Waals surface area (Å²) in [7, 11) is 0. The Bertz CT molecular complexity index is 256. The van der Waals surface area contributed by atoms with Crippen LogP contribution in [0.3, 0.4) is 0 Å². The summed E-state index contributed by atoms with van der Waals surface area (Å²) in [6, 6.07) is 0. The first-order valence-electron chi connectivity index (χ1n) is 3.41. The van der Waals surface area contributed by atoms with E-state index in [1.165, 1.54) is 5.32 Å². The molecular weight excluding hydrogens is 191 g/mol. The van der Waals surface area contributed by atoms with Crippen LogP contribution in [0.25, 0.3) is 0 Å². The number of carboxylic acids is 1. The second kappa shape index (κ2) is 2.61. The summed E-state index contributed by atoms with van der Waals surface area (Å²) < 4.78 is 36.3. The lowest BCUT2D eigenvalue weighted by Gasteiger charge is -2.19. The number of carbonyl (C=O) groups excluding carboxylic acids is 1. The molecule has 0 unspecified atom stereocenters. The van der Waals surface area contributed by atoms with E-state index in [4.69, 9.17) is 5.11 Å². The Morgan fingerprint density at radius 2 is 1.77 bits per heavy atom. The van der Waals surface area contributed by atoms with Crippen LogP contribution in [0.1, 0.15) is 12.8 Å². The molecule has 0 bridgehead atoms. The monoisotopic (exact) mass is 197 g/mol. The molecule has 1 aliphatic carbocycles. The molecule has 0 saturated heterocycles. The topological polar surface area (TPSA) is 66.4 Å². The third-order valence-corrected chi connectivity index (χ3v) is 1.84. The van der Waals surface area contributed by atoms with Crippen LogP contribution in [0.2, 0.25) is 0 Å². The molecule has 0 spiro atoms. The van der Waals surface area contributed by atoms with Crippen LogP contribution in [0.4, 0.5) is 13.2 Å². The Morgan fingerprint density at radius 1 is 1.31 bits per heavy atom. The van der Waals surface area contributed by atoms with Gasteiger partial charge in [0.15, 0.2) is 0 Å². The molecule has 1 saturated carbocycles. The Morgan fingerprint density at radius 3 is 2.00 bits per heavy atom. The zero-order valence-corrected chi connectivity index (χ0v) is 6.31. The maximum atomic E-state index is 12.1. The number of carboxylic acid groups (broad SMARTS) is 1. The summed E-state index contributed by atoms with van der Waals surface area (Å²) in [4.78, 5) is 20.4. The fourth-order valence-electron chi connectivity index (χ4n) is 0.875. The molecular formula is C6H6F3NO3. The van der Waals surface area contributed by atoms with Gasteiger partial charge >= 0.3 is 18.1 Å². The minimum atomic E-state index is -4.57. The summed E-state index contributed by atoms with van der Waals surface area (Å²) in [5.41, 5.74) is -2.29. The summed E-state index contributed by atoms with van der Waals surface area (Å²) in [5, 5.41) is 9.50. The molecule has 0 atom stereocenters. The second-order valence-electron chi connectivity index (χ2n) is 2.84. The van der Waals surface area contributed by atoms with E-state index in [1.807, 2.05) is 0 Å². The third kappa shape index (κ3) is 1.73. The van der Waals surface area contributed by atoms with Gasteiger partial charge in [0, 0.05) is 0 Å². The van der Waals surface area contributed by atoms with Crippen LogP contribution >= 0.6 is 0 Å². The molecule has 1 amide bonds. The summed E-state index contributed by atoms with van der Waals surface area (Å²) >= 11 is 0. The zero-order chi connectivity index (χ0) is 10.3. The van der Waals surface area contributed by atoms with Gasteiger partial charge in [-0.05, 0) is 12.8 Å². The molecule has 1 rings (SSSR count). The molecule has 7 heteroatoms. The second-order valence-corrected chi connectivity index (χ2v) is 2.84. The van der Waals surface area contributed by atoms with Crippen LogP contribution in [0.5, 0.6) is 0 Å². The Hall–Kier alpha value is -1.27. The number of hydrogen-bond donors (Lipinski definition) is 2. The zero-order valence-electron chi connectivity index (χ0n) is 6.31. The highest BCUT2D eigenvalue weighted by molar-refractivity contribution is 6.31. The first-order chi connectivity index (χ1) is 5.78. The lowest BCUT2D eigenvalue weighted by atomic mass is 10.2. The van der Waals surface area contributed by atoms with Crippen LogP contribution < -0.4 is 5.32 Å². The highest BCUT2D eigenvalue weighted by atomic mass is 19.4. The maximum Gasteiger partial charge on any atom is 0.411 e. The number of alkyl halides is 3. The molecule has 0 radical (unpaired) electrons. The van der Waals surface area contributed by atoms with Gasteiger partial charge in [0.05, 0.1) is 0 Å². The van der Waals surface area contributed by atoms with Crippen molar-refractivity contribution < 1.29 is 27.9 Å². The molecule has 1 fully saturated rings. The van der Waals surface area contributed by atoms with Crippen molar-refractivity contribution in [2.75, 3.05) is 0 Å². The van der Waals surface area contributed by atoms with Crippen LogP contribution in [-0.2, 0) is 9.59 Å². The highest BCUT2D eigenvalue weighted by Crippen LogP contribution is 2.48. The van der Waals surface area contributed by atoms with Gasteiger partial charge in [0.2, 0.25) is 0 Å². The molecule has 1 aliphatic rings. The first-order valence-corrected chi connectivity index (χ1v) is 3.41. The van der Waals surface area contributed by atoms with Gasteiger partial charge in [-0.1, -0.05) is 0 Å². The minimum Gasteiger partial charge on any atom is -0.474 e. The fourth-order valence-corrected chi connectivity index (χ4v) is 0.875. The molecule has 0 aromatic carbocycles. The van der Waals surface area contributed by atoms with E-state index >= 15 is 0 Å². The van der Waals surface area contributed by atoms with E-state index in [2.05, 4.69) is 0 Å². The van der Waals surface area contributed by atoms with E-state index in [0.717, 1.165) is 0 Å². The Kier molecular flexibility index (Phi) is 1.97. The van der Waals surface area contributed by atoms with Gasteiger partial charge in [-0.25, -0.2) is 4.79 Å². The van der Waals surface area contributed by atoms with E-state index < -0.39 is 23.6 Å². The highest BCUT2D eigenvalue weighted by Gasteiger charge is 2.64. The van der Waals surface area contributed by atoms with Crippen molar-refractivity contribution in [2.45, 2.75) is 24.6 Å². The third-order valence-electron chi connectivity index (χ3n) is 1.84. The molecule has 13 heavy (non-hydrogen) atoms. The van der Waals surface area contributed by atoms with Crippen LogP contribution in [0.15, 0.2) is 0 Å². The van der Waals surface area contributed by atoms with Gasteiger partial charge in [0.1, 0.15) is 5.54 Å². The van der Waals surface area contributed by atoms with Crippen LogP contribution in [0, 0.1) is 0 Å². The summed E-state index contributed by atoms with van der Waals surface area (Å²) in [5.74, 6) is -3.52. The Labute approximate surface area is 70.7 Å². The van der Waals surface area contributed by atoms with Gasteiger partial charge in [-0.2, -0.15) is 13.2 Å². The lowest BCUT2D eigenvalue weighted by Crippen LogP contribution is -2.50. The van der Waals surface area contributed by atoms with Crippen molar-refractivity contribution in [3.8, 4) is 0 Å². The molecule has 2 N–H and O–H groups in total. The van der Waals surface area contributed by atoms with E-state index in [1.54, 1.807) is 0 Å². The number of amides is 1. The number of halogens is 3. The van der Waals surface area contributed by atoms with E-state index in [0.29, 0.717) is 0 Å². The summed E-state index contributed by atoms with van der Waals surface area (Å²) in [6.45, 7) is 0. The lowest BCUT2D eigenvalue weighted by molar-refractivity contribution is -0.173. The predicted octanol–water partition coefficient (Wildman–Crippen LogP) is 0.282. The largest absolute Gasteiger partial charge is 0.474 e. The van der Waals surface area contributed by atoms with Gasteiger partial charge in [-0.15, -0.1) is 0 Å². The standard InChI is InChI=1S/C6H6F3NO3/c7-6(8,9)5(1-2-5)10-3(11)4(12)13/h1-2H2,(H,10,11)(H,12,13). The quantitative estimate of drug-likeness (QED) is 0.593. The van der Waals surface area contributed by atoms with E-state index in [9.17, 15) is 22.8 Å². The van der Waals surface area contributed by atoms with Gasteiger partial charge in [0.25, 0.3) is 0 Å². The van der Waals surface area contributed by atoms with Crippen molar-refractivity contribution in [3.63, 3.8) is 0 Å². The average molecular weight is 197 g/mol. The van der Waals surface area contributed by atoms with Crippen molar-refractivity contribution >= 4 is 11.9 Å². The molecule has 0 aromatic rings. The number of aliphatic carboxylic acids is 1. The fraction of sp³-hybridized carbons (Fsp3) is 0.667. The van der Waals surface area contributed by atoms with Crippen molar-refractivity contribution in [3.05, 3.63) is 0 Å². The number of carbonyl (C=O) groups is 2. The number of rotatable bonds is 1. The summed E-state index contributed by atoms with van der Waals surface area (Å²) in [6.07, 6.45) is -5.08. The average Bonchev–Trinajstić information content (AvgIpc) is 2.66. The number of hydrogen-bond acceptors (Lipinski definition) is 2. The molecule has 0 aliphatic heterocycles. The van der Waals surface area contributed by atoms with Crippen LogP contribution in [-0.4, -0.2) is 28.7 Å². The van der Waals surface area contributed by atoms with Crippen molar-refractivity contribution in [1.29, 1.82) is 0 Å². The van der Waals surface area contributed by atoms with E-state index in [-0.39, 0.29) is 12.8 Å². The minimum absolute atomic E-state index is 0.254. The molecule has 4 nitrogen and oxygen atoms in total. The van der Waals surface area contributed by atoms with Crippen molar-refractivity contribution in [1.82, 2.24) is 5.32 Å². The van der Waals surface area contributed by atoms with Gasteiger partial charge in [-0.3, -0.25) is 4.79 Å². The van der Waals surface area contributed by atoms with Gasteiger partial charge < -0.3 is 10.4 Å². The number of nitrogens with one attached hydrogen (secondary N) is 1. The normalized spacial score (nSPS) is 19.3.